The predicted octanol–water partition coefficient (Wildman–Crippen LogP) is 3.24. The van der Waals surface area contributed by atoms with Crippen LogP contribution in [0.15, 0.2) is 54.6 Å². The zero-order chi connectivity index (χ0) is 24.0. The Morgan fingerprint density at radius 3 is 2.80 bits per heavy atom. The molecule has 2 aromatic carbocycles. The van der Waals surface area contributed by atoms with Gasteiger partial charge in [0.05, 0.1) is 5.56 Å². The van der Waals surface area contributed by atoms with Crippen molar-refractivity contribution in [3.8, 4) is 5.75 Å². The summed E-state index contributed by atoms with van der Waals surface area (Å²) in [6.45, 7) is -6.86. The summed E-state index contributed by atoms with van der Waals surface area (Å²) in [5, 5.41) is 12.2. The molecule has 0 amide bonds. The molecule has 0 spiro atoms. The molecule has 0 aliphatic heterocycles. The van der Waals surface area contributed by atoms with Gasteiger partial charge in [-0.3, -0.25) is 4.79 Å². The number of rotatable bonds is 11. The van der Waals surface area contributed by atoms with Gasteiger partial charge in [-0.15, -0.1) is 0 Å². The Bertz CT molecular complexity index is 888. The summed E-state index contributed by atoms with van der Waals surface area (Å²) in [7, 11) is 0. The molecule has 0 radical (unpaired) electrons. The molecule has 1 atom stereocenters. The van der Waals surface area contributed by atoms with Crippen LogP contribution in [0.1, 0.15) is 45.2 Å². The number of nitrogens with one attached hydrogen (secondary N) is 1. The maximum absolute atomic E-state index is 12.6. The zero-order valence-corrected chi connectivity index (χ0v) is 13.9. The third-order valence-corrected chi connectivity index (χ3v) is 3.59. The summed E-state index contributed by atoms with van der Waals surface area (Å²) in [5.41, 5.74) is 1.39. The second-order valence-electron chi connectivity index (χ2n) is 5.50. The highest BCUT2D eigenvalue weighted by Crippen LogP contribution is 2.20. The molecular formula is C21H27NO3. The van der Waals surface area contributed by atoms with Crippen molar-refractivity contribution >= 4 is 5.78 Å². The summed E-state index contributed by atoms with van der Waals surface area (Å²) >= 11 is 0. The molecular weight excluding hydrogens is 314 g/mol. The van der Waals surface area contributed by atoms with Gasteiger partial charge in [-0.25, -0.2) is 0 Å². The molecule has 0 heterocycles. The fourth-order valence-electron chi connectivity index (χ4n) is 2.32. The van der Waals surface area contributed by atoms with E-state index in [-0.39, 0.29) is 24.6 Å². The zero-order valence-electron chi connectivity index (χ0n) is 20.9. The second-order valence-corrected chi connectivity index (χ2v) is 5.50. The molecule has 0 saturated carbocycles. The van der Waals surface area contributed by atoms with Gasteiger partial charge in [0, 0.05) is 22.6 Å². The Morgan fingerprint density at radius 2 is 2.00 bits per heavy atom. The molecule has 0 bridgehead atoms. The minimum Gasteiger partial charge on any atom is -0.490 e. The molecule has 0 aliphatic carbocycles. The van der Waals surface area contributed by atoms with E-state index in [9.17, 15) is 9.90 Å². The van der Waals surface area contributed by atoms with Crippen LogP contribution in [0, 0.1) is 0 Å². The van der Waals surface area contributed by atoms with E-state index in [2.05, 4.69) is 5.32 Å². The number of carbonyl (C=O) groups is 1. The number of ketones is 1. The van der Waals surface area contributed by atoms with Crippen LogP contribution in [0.3, 0.4) is 0 Å². The molecule has 0 aliphatic rings. The maximum Gasteiger partial charge on any atom is 0.166 e. The lowest BCUT2D eigenvalue weighted by Gasteiger charge is -2.15. The molecule has 1 unspecified atom stereocenters. The van der Waals surface area contributed by atoms with E-state index >= 15 is 0 Å². The molecule has 134 valence electrons. The van der Waals surface area contributed by atoms with E-state index in [0.29, 0.717) is 12.0 Å². The number of aryl methyl sites for hydroxylation is 1. The smallest absolute Gasteiger partial charge is 0.166 e. The normalized spacial score (nSPS) is 17.7. The van der Waals surface area contributed by atoms with Crippen LogP contribution in [0.25, 0.3) is 0 Å². The SMILES string of the molecule is [2H]C([2H])([2H])C([2H])([2H])C([2H])([2H])NCC(O)COc1ccccc1C(=O)CCc1ccccc1. The Hall–Kier alpha value is -2.17. The van der Waals surface area contributed by atoms with Gasteiger partial charge in [-0.1, -0.05) is 49.3 Å². The quantitative estimate of drug-likeness (QED) is 0.612. The highest BCUT2D eigenvalue weighted by atomic mass is 16.5. The number of aliphatic hydroxyl groups is 1. The van der Waals surface area contributed by atoms with Crippen LogP contribution < -0.4 is 10.1 Å². The average Bonchev–Trinajstić information content (AvgIpc) is 2.74. The summed E-state index contributed by atoms with van der Waals surface area (Å²) in [5.74, 6) is 0.143. The van der Waals surface area contributed by atoms with Crippen LogP contribution in [-0.2, 0) is 6.42 Å². The van der Waals surface area contributed by atoms with Crippen LogP contribution in [0.5, 0.6) is 5.75 Å². The van der Waals surface area contributed by atoms with E-state index in [1.165, 1.54) is 0 Å². The van der Waals surface area contributed by atoms with E-state index < -0.39 is 32.4 Å². The van der Waals surface area contributed by atoms with Gasteiger partial charge < -0.3 is 15.2 Å². The van der Waals surface area contributed by atoms with Gasteiger partial charge in [-0.05, 0) is 37.0 Å². The van der Waals surface area contributed by atoms with Crippen molar-refractivity contribution in [1.29, 1.82) is 0 Å². The number of carbonyl (C=O) groups excluding carboxylic acids is 1. The summed E-state index contributed by atoms with van der Waals surface area (Å²) in [6, 6.07) is 16.2. The van der Waals surface area contributed by atoms with Crippen molar-refractivity contribution in [2.45, 2.75) is 32.2 Å². The molecule has 0 aromatic heterocycles. The van der Waals surface area contributed by atoms with Crippen LogP contribution in [-0.4, -0.2) is 36.6 Å². The fourth-order valence-corrected chi connectivity index (χ4v) is 2.32. The molecule has 2 aromatic rings. The number of hydrogen-bond acceptors (Lipinski definition) is 4. The Balaban J connectivity index is 1.93. The van der Waals surface area contributed by atoms with Crippen LogP contribution in [0.2, 0.25) is 0 Å². The van der Waals surface area contributed by atoms with Gasteiger partial charge in [0.15, 0.2) is 5.78 Å². The van der Waals surface area contributed by atoms with Gasteiger partial charge >= 0.3 is 0 Å². The maximum atomic E-state index is 12.6. The van der Waals surface area contributed by atoms with Crippen molar-refractivity contribution in [1.82, 2.24) is 5.32 Å². The number of Topliss-reactive ketones (excluding diaryl/α,β-unsaturated/α-hetero) is 1. The third kappa shape index (κ3) is 6.69. The summed E-state index contributed by atoms with van der Waals surface area (Å²) < 4.78 is 57.6. The largest absolute Gasteiger partial charge is 0.490 e. The highest BCUT2D eigenvalue weighted by Gasteiger charge is 2.13. The molecule has 0 fully saturated rings. The lowest BCUT2D eigenvalue weighted by atomic mass is 10.0. The summed E-state index contributed by atoms with van der Waals surface area (Å²) in [6.07, 6.45) is -3.59. The predicted molar refractivity (Wildman–Crippen MR) is 100 cm³/mol. The minimum atomic E-state index is -3.19. The van der Waals surface area contributed by atoms with E-state index in [1.54, 1.807) is 24.3 Å². The first-order valence-corrected chi connectivity index (χ1v) is 8.07. The second kappa shape index (κ2) is 10.6. The monoisotopic (exact) mass is 348 g/mol. The molecule has 2 rings (SSSR count). The van der Waals surface area contributed by atoms with Crippen molar-refractivity contribution in [3.63, 3.8) is 0 Å². The number of ether oxygens (including phenoxy) is 1. The Morgan fingerprint density at radius 1 is 1.24 bits per heavy atom. The fraction of sp³-hybridized carbons (Fsp3) is 0.381. The topological polar surface area (TPSA) is 58.6 Å². The average molecular weight is 348 g/mol. The van der Waals surface area contributed by atoms with Crippen molar-refractivity contribution in [2.75, 3.05) is 19.6 Å². The first kappa shape index (κ1) is 11.4. The Kier molecular flexibility index (Phi) is 4.87. The van der Waals surface area contributed by atoms with Gasteiger partial charge in [-0.2, -0.15) is 0 Å². The lowest BCUT2D eigenvalue weighted by molar-refractivity contribution is 0.0950. The van der Waals surface area contributed by atoms with E-state index in [4.69, 9.17) is 14.3 Å². The van der Waals surface area contributed by atoms with Crippen molar-refractivity contribution in [2.24, 2.45) is 0 Å². The van der Waals surface area contributed by atoms with Crippen molar-refractivity contribution in [3.05, 3.63) is 65.7 Å². The van der Waals surface area contributed by atoms with Crippen LogP contribution >= 0.6 is 0 Å². The van der Waals surface area contributed by atoms with Gasteiger partial charge in [0.25, 0.3) is 0 Å². The van der Waals surface area contributed by atoms with Crippen molar-refractivity contribution < 1.29 is 24.2 Å². The lowest BCUT2D eigenvalue weighted by Crippen LogP contribution is -2.32. The van der Waals surface area contributed by atoms with E-state index in [0.717, 1.165) is 5.56 Å². The van der Waals surface area contributed by atoms with Crippen LogP contribution in [0.4, 0.5) is 0 Å². The number of benzene rings is 2. The minimum absolute atomic E-state index is 0.126. The molecule has 4 heteroatoms. The number of aliphatic hydroxyl groups excluding tert-OH is 1. The van der Waals surface area contributed by atoms with Gasteiger partial charge in [0.2, 0.25) is 0 Å². The van der Waals surface area contributed by atoms with Gasteiger partial charge in [0.1, 0.15) is 18.5 Å². The molecule has 4 nitrogen and oxygen atoms in total. The van der Waals surface area contributed by atoms with E-state index in [1.807, 2.05) is 30.3 Å². The molecule has 2 N–H and O–H groups in total. The molecule has 25 heavy (non-hydrogen) atoms. The Labute approximate surface area is 159 Å². The molecule has 0 saturated heterocycles. The highest BCUT2D eigenvalue weighted by molar-refractivity contribution is 5.98. The summed E-state index contributed by atoms with van der Waals surface area (Å²) in [4.78, 5) is 12.6. The first-order valence-electron chi connectivity index (χ1n) is 11.6. The number of hydrogen-bond donors (Lipinski definition) is 2. The first-order chi connectivity index (χ1) is 14.8. The number of para-hydroxylation sites is 1. The standard InChI is InChI=1S/C21H27NO3/c1-2-14-22-15-18(23)16-25-21-11-7-6-10-19(21)20(24)13-12-17-8-4-3-5-9-17/h3-11,18,22-23H,2,12-16H2,1H3/i1D3,2D2,14D2. The third-order valence-electron chi connectivity index (χ3n) is 3.59.